The predicted octanol–water partition coefficient (Wildman–Crippen LogP) is 4.38. The molecule has 4 rings (SSSR count). The summed E-state index contributed by atoms with van der Waals surface area (Å²) in [4.78, 5) is 20.5. The third-order valence-electron chi connectivity index (χ3n) is 5.27. The lowest BCUT2D eigenvalue weighted by Gasteiger charge is -2.35. The molecule has 0 radical (unpaired) electrons. The van der Waals surface area contributed by atoms with Gasteiger partial charge in [-0.25, -0.2) is 4.39 Å². The fourth-order valence-electron chi connectivity index (χ4n) is 3.49. The minimum atomic E-state index is -0.503. The summed E-state index contributed by atoms with van der Waals surface area (Å²) in [7, 11) is 1.64. The first-order valence-corrected chi connectivity index (χ1v) is 10.4. The second-order valence-electron chi connectivity index (χ2n) is 7.32. The Morgan fingerprint density at radius 3 is 2.47 bits per heavy atom. The Morgan fingerprint density at radius 1 is 1.03 bits per heavy atom. The van der Waals surface area contributed by atoms with Gasteiger partial charge in [0.25, 0.3) is 0 Å². The third kappa shape index (κ3) is 5.24. The van der Waals surface area contributed by atoms with Crippen molar-refractivity contribution in [2.24, 2.45) is 0 Å². The van der Waals surface area contributed by atoms with E-state index in [0.29, 0.717) is 24.4 Å². The zero-order chi connectivity index (χ0) is 22.3. The minimum Gasteiger partial charge on any atom is -0.497 e. The van der Waals surface area contributed by atoms with Gasteiger partial charge in [0, 0.05) is 44.1 Å². The molecule has 1 saturated heterocycles. The van der Waals surface area contributed by atoms with E-state index < -0.39 is 5.82 Å². The van der Waals surface area contributed by atoms with E-state index in [4.69, 9.17) is 9.47 Å². The molecule has 0 N–H and O–H groups in total. The molecule has 0 aliphatic carbocycles. The van der Waals surface area contributed by atoms with Crippen LogP contribution in [0.4, 0.5) is 10.1 Å². The number of nitrogens with zero attached hydrogens (tertiary/aromatic N) is 3. The van der Waals surface area contributed by atoms with E-state index >= 15 is 0 Å². The van der Waals surface area contributed by atoms with Crippen LogP contribution in [-0.2, 0) is 4.79 Å². The second-order valence-corrected chi connectivity index (χ2v) is 7.32. The molecular formula is C25H24FN3O3. The molecule has 7 heteroatoms. The van der Waals surface area contributed by atoms with Crippen LogP contribution < -0.4 is 14.4 Å². The van der Waals surface area contributed by atoms with Crippen molar-refractivity contribution in [3.63, 3.8) is 0 Å². The molecule has 0 bridgehead atoms. The first kappa shape index (κ1) is 21.4. The standard InChI is InChI=1S/C25H24FN3O3/c1-31-21-8-6-20(7-9-21)28-13-15-29(16-14-28)25(30)11-5-19-4-10-24(23(26)17-19)32-22-3-2-12-27-18-22/h2-12,17-18H,13-16H2,1H3/b11-5+. The second kappa shape index (κ2) is 9.96. The van der Waals surface area contributed by atoms with Gasteiger partial charge in [0.15, 0.2) is 11.6 Å². The van der Waals surface area contributed by atoms with Crippen LogP contribution in [0.15, 0.2) is 73.1 Å². The number of piperazine rings is 1. The van der Waals surface area contributed by atoms with E-state index in [0.717, 1.165) is 24.5 Å². The molecule has 1 aromatic heterocycles. The van der Waals surface area contributed by atoms with Gasteiger partial charge in [-0.05, 0) is 60.2 Å². The van der Waals surface area contributed by atoms with Crippen LogP contribution in [0.5, 0.6) is 17.2 Å². The van der Waals surface area contributed by atoms with E-state index in [2.05, 4.69) is 9.88 Å². The number of hydrogen-bond donors (Lipinski definition) is 0. The Bertz CT molecular complexity index is 1080. The average molecular weight is 433 g/mol. The maximum Gasteiger partial charge on any atom is 0.246 e. The van der Waals surface area contributed by atoms with E-state index in [9.17, 15) is 9.18 Å². The van der Waals surface area contributed by atoms with Crippen molar-refractivity contribution in [2.75, 3.05) is 38.2 Å². The average Bonchev–Trinajstić information content (AvgIpc) is 2.85. The maximum atomic E-state index is 14.4. The van der Waals surface area contributed by atoms with Gasteiger partial charge in [0.2, 0.25) is 5.91 Å². The van der Waals surface area contributed by atoms with Gasteiger partial charge in [0.05, 0.1) is 13.3 Å². The maximum absolute atomic E-state index is 14.4. The molecule has 164 valence electrons. The number of amides is 1. The number of carbonyl (C=O) groups is 1. The molecule has 32 heavy (non-hydrogen) atoms. The van der Waals surface area contributed by atoms with E-state index in [1.54, 1.807) is 48.5 Å². The van der Waals surface area contributed by atoms with E-state index in [1.165, 1.54) is 18.3 Å². The molecule has 1 aliphatic rings. The van der Waals surface area contributed by atoms with Crippen molar-refractivity contribution >= 4 is 17.7 Å². The van der Waals surface area contributed by atoms with Crippen molar-refractivity contribution in [3.8, 4) is 17.2 Å². The Hall–Kier alpha value is -3.87. The predicted molar refractivity (Wildman–Crippen MR) is 122 cm³/mol. The quantitative estimate of drug-likeness (QED) is 0.540. The molecule has 1 amide bonds. The highest BCUT2D eigenvalue weighted by Gasteiger charge is 2.20. The van der Waals surface area contributed by atoms with Gasteiger partial charge in [-0.2, -0.15) is 0 Å². The molecule has 2 aromatic carbocycles. The third-order valence-corrected chi connectivity index (χ3v) is 5.27. The van der Waals surface area contributed by atoms with Crippen LogP contribution in [0.1, 0.15) is 5.56 Å². The Balaban J connectivity index is 1.32. The van der Waals surface area contributed by atoms with Gasteiger partial charge in [0.1, 0.15) is 11.5 Å². The number of methoxy groups -OCH3 is 1. The summed E-state index contributed by atoms with van der Waals surface area (Å²) in [5, 5.41) is 0. The zero-order valence-corrected chi connectivity index (χ0v) is 17.8. The molecule has 3 aromatic rings. The number of benzene rings is 2. The largest absolute Gasteiger partial charge is 0.497 e. The lowest BCUT2D eigenvalue weighted by atomic mass is 10.2. The van der Waals surface area contributed by atoms with Crippen LogP contribution in [-0.4, -0.2) is 49.1 Å². The molecule has 0 saturated carbocycles. The van der Waals surface area contributed by atoms with Gasteiger partial charge < -0.3 is 19.3 Å². The molecule has 0 atom stereocenters. The summed E-state index contributed by atoms with van der Waals surface area (Å²) < 4.78 is 25.1. The Labute approximate surface area is 186 Å². The number of carbonyl (C=O) groups excluding carboxylic acids is 1. The van der Waals surface area contributed by atoms with Crippen LogP contribution in [0.25, 0.3) is 6.08 Å². The van der Waals surface area contributed by atoms with Crippen LogP contribution >= 0.6 is 0 Å². The molecule has 2 heterocycles. The van der Waals surface area contributed by atoms with Crippen molar-refractivity contribution in [1.82, 2.24) is 9.88 Å². The van der Waals surface area contributed by atoms with E-state index in [1.807, 2.05) is 24.3 Å². The van der Waals surface area contributed by atoms with Crippen molar-refractivity contribution in [3.05, 3.63) is 84.4 Å². The molecular weight excluding hydrogens is 409 g/mol. The fourth-order valence-corrected chi connectivity index (χ4v) is 3.49. The van der Waals surface area contributed by atoms with Crippen molar-refractivity contribution in [1.29, 1.82) is 0 Å². The smallest absolute Gasteiger partial charge is 0.246 e. The normalized spacial score (nSPS) is 13.9. The summed E-state index contributed by atoms with van der Waals surface area (Å²) in [5.74, 6) is 0.794. The SMILES string of the molecule is COc1ccc(N2CCN(C(=O)/C=C/c3ccc(Oc4cccnc4)c(F)c3)CC2)cc1. The van der Waals surface area contributed by atoms with Gasteiger partial charge in [-0.15, -0.1) is 0 Å². The first-order chi connectivity index (χ1) is 15.6. The topological polar surface area (TPSA) is 54.9 Å². The molecule has 0 unspecified atom stereocenters. The number of rotatable bonds is 6. The van der Waals surface area contributed by atoms with Crippen LogP contribution in [0.2, 0.25) is 0 Å². The monoisotopic (exact) mass is 433 g/mol. The number of aromatic nitrogens is 1. The zero-order valence-electron chi connectivity index (χ0n) is 17.8. The number of halogens is 1. The highest BCUT2D eigenvalue weighted by molar-refractivity contribution is 5.92. The fraction of sp³-hybridized carbons (Fsp3) is 0.200. The van der Waals surface area contributed by atoms with Gasteiger partial charge in [-0.3, -0.25) is 9.78 Å². The molecule has 1 aliphatic heterocycles. The number of anilines is 1. The van der Waals surface area contributed by atoms with Crippen LogP contribution in [0, 0.1) is 5.82 Å². The number of pyridine rings is 1. The van der Waals surface area contributed by atoms with E-state index in [-0.39, 0.29) is 11.7 Å². The lowest BCUT2D eigenvalue weighted by Crippen LogP contribution is -2.48. The minimum absolute atomic E-state index is 0.0875. The summed E-state index contributed by atoms with van der Waals surface area (Å²) in [5.41, 5.74) is 1.70. The summed E-state index contributed by atoms with van der Waals surface area (Å²) in [6.45, 7) is 2.75. The summed E-state index contributed by atoms with van der Waals surface area (Å²) in [6.07, 6.45) is 6.24. The Morgan fingerprint density at radius 2 is 1.81 bits per heavy atom. The highest BCUT2D eigenvalue weighted by Crippen LogP contribution is 2.25. The molecule has 0 spiro atoms. The summed E-state index contributed by atoms with van der Waals surface area (Å²) in [6, 6.07) is 15.9. The van der Waals surface area contributed by atoms with Crippen LogP contribution in [0.3, 0.4) is 0 Å². The summed E-state index contributed by atoms with van der Waals surface area (Å²) >= 11 is 0. The first-order valence-electron chi connectivity index (χ1n) is 10.4. The number of ether oxygens (including phenoxy) is 2. The lowest BCUT2D eigenvalue weighted by molar-refractivity contribution is -0.126. The van der Waals surface area contributed by atoms with Crippen molar-refractivity contribution in [2.45, 2.75) is 0 Å². The Kier molecular flexibility index (Phi) is 6.65. The molecule has 1 fully saturated rings. The highest BCUT2D eigenvalue weighted by atomic mass is 19.1. The van der Waals surface area contributed by atoms with Gasteiger partial charge >= 0.3 is 0 Å². The number of hydrogen-bond acceptors (Lipinski definition) is 5. The molecule has 6 nitrogen and oxygen atoms in total. The van der Waals surface area contributed by atoms with Gasteiger partial charge in [-0.1, -0.05) is 6.07 Å². The van der Waals surface area contributed by atoms with Crippen molar-refractivity contribution < 1.29 is 18.7 Å².